The minimum absolute atomic E-state index is 0.0527. The van der Waals surface area contributed by atoms with Crippen LogP contribution in [-0.4, -0.2) is 51.7 Å². The Labute approximate surface area is 154 Å². The van der Waals surface area contributed by atoms with Crippen LogP contribution >= 0.6 is 11.6 Å². The number of urea groups is 1. The zero-order valence-electron chi connectivity index (χ0n) is 14.1. The van der Waals surface area contributed by atoms with Gasteiger partial charge in [0, 0.05) is 37.8 Å². The van der Waals surface area contributed by atoms with E-state index in [0.29, 0.717) is 44.0 Å². The van der Waals surface area contributed by atoms with Crippen molar-refractivity contribution < 1.29 is 14.0 Å². The van der Waals surface area contributed by atoms with Gasteiger partial charge in [-0.05, 0) is 18.2 Å². The first kappa shape index (κ1) is 16.8. The van der Waals surface area contributed by atoms with Crippen LogP contribution < -0.4 is 5.32 Å². The fraction of sp³-hybridized carbons (Fsp3) is 0.353. The molecule has 0 saturated carbocycles. The van der Waals surface area contributed by atoms with Crippen LogP contribution in [0.3, 0.4) is 0 Å². The van der Waals surface area contributed by atoms with Gasteiger partial charge in [-0.15, -0.1) is 0 Å². The van der Waals surface area contributed by atoms with E-state index in [1.54, 1.807) is 21.5 Å². The summed E-state index contributed by atoms with van der Waals surface area (Å²) in [6.07, 6.45) is 0.587. The quantitative estimate of drug-likeness (QED) is 0.829. The SMILES string of the molecule is CN1CCn2nc3c(c2C1=O)CN(C(=O)Nc1ccc(F)c(Cl)c1)CC3. The number of carbonyl (C=O) groups is 2. The number of anilines is 1. The predicted octanol–water partition coefficient (Wildman–Crippen LogP) is 2.35. The minimum atomic E-state index is -0.540. The normalized spacial score (nSPS) is 16.3. The second-order valence-electron chi connectivity index (χ2n) is 6.45. The number of amides is 3. The summed E-state index contributed by atoms with van der Waals surface area (Å²) in [6, 6.07) is 3.70. The van der Waals surface area contributed by atoms with Crippen molar-refractivity contribution in [1.29, 1.82) is 0 Å². The molecule has 2 aliphatic rings. The summed E-state index contributed by atoms with van der Waals surface area (Å²) in [4.78, 5) is 28.3. The lowest BCUT2D eigenvalue weighted by atomic mass is 10.0. The van der Waals surface area contributed by atoms with Crippen LogP contribution in [-0.2, 0) is 19.5 Å². The standard InChI is InChI=1S/C17H17ClFN5O2/c1-22-6-7-24-15(16(22)25)11-9-23(5-4-14(11)21-24)17(26)20-10-2-3-13(19)12(18)8-10/h2-3,8H,4-7,9H2,1H3,(H,20,26). The van der Waals surface area contributed by atoms with Crippen LogP contribution in [0.2, 0.25) is 5.02 Å². The van der Waals surface area contributed by atoms with Gasteiger partial charge in [-0.1, -0.05) is 11.6 Å². The van der Waals surface area contributed by atoms with Gasteiger partial charge < -0.3 is 15.1 Å². The number of carbonyl (C=O) groups excluding carboxylic acids is 2. The van der Waals surface area contributed by atoms with E-state index in [0.717, 1.165) is 11.3 Å². The van der Waals surface area contributed by atoms with E-state index in [-0.39, 0.29) is 17.0 Å². The fourth-order valence-electron chi connectivity index (χ4n) is 3.30. The summed E-state index contributed by atoms with van der Waals surface area (Å²) in [5.74, 6) is -0.612. The van der Waals surface area contributed by atoms with Crippen LogP contribution in [0.15, 0.2) is 18.2 Å². The molecular formula is C17H17ClFN5O2. The Morgan fingerprint density at radius 1 is 1.31 bits per heavy atom. The third kappa shape index (κ3) is 2.80. The maximum absolute atomic E-state index is 13.2. The average molecular weight is 378 g/mol. The summed E-state index contributed by atoms with van der Waals surface area (Å²) in [6.45, 7) is 2.09. The van der Waals surface area contributed by atoms with Crippen molar-refractivity contribution in [3.63, 3.8) is 0 Å². The Balaban J connectivity index is 1.54. The van der Waals surface area contributed by atoms with E-state index in [1.165, 1.54) is 18.2 Å². The molecule has 1 aromatic heterocycles. The summed E-state index contributed by atoms with van der Waals surface area (Å²) < 4.78 is 15.0. The topological polar surface area (TPSA) is 70.5 Å². The van der Waals surface area contributed by atoms with E-state index in [1.807, 2.05) is 0 Å². The lowest BCUT2D eigenvalue weighted by Crippen LogP contribution is -2.41. The number of nitrogens with zero attached hydrogens (tertiary/aromatic N) is 4. The molecule has 0 unspecified atom stereocenters. The summed E-state index contributed by atoms with van der Waals surface area (Å²) in [7, 11) is 1.76. The molecule has 7 nitrogen and oxygen atoms in total. The summed E-state index contributed by atoms with van der Waals surface area (Å²) in [5.41, 5.74) is 2.66. The van der Waals surface area contributed by atoms with Gasteiger partial charge in [0.15, 0.2) is 0 Å². The molecule has 2 aliphatic heterocycles. The molecule has 0 saturated heterocycles. The lowest BCUT2D eigenvalue weighted by molar-refractivity contribution is 0.0740. The van der Waals surface area contributed by atoms with Gasteiger partial charge in [-0.2, -0.15) is 5.10 Å². The molecule has 3 amide bonds. The minimum Gasteiger partial charge on any atom is -0.339 e. The van der Waals surface area contributed by atoms with Gasteiger partial charge in [-0.25, -0.2) is 9.18 Å². The Morgan fingerprint density at radius 2 is 2.12 bits per heavy atom. The molecule has 26 heavy (non-hydrogen) atoms. The van der Waals surface area contributed by atoms with E-state index < -0.39 is 5.82 Å². The second kappa shape index (κ2) is 6.28. The first-order valence-corrected chi connectivity index (χ1v) is 8.67. The van der Waals surface area contributed by atoms with Crippen molar-refractivity contribution in [3.8, 4) is 0 Å². The van der Waals surface area contributed by atoms with Gasteiger partial charge >= 0.3 is 6.03 Å². The number of nitrogens with one attached hydrogen (secondary N) is 1. The third-order valence-corrected chi connectivity index (χ3v) is 5.05. The van der Waals surface area contributed by atoms with Crippen molar-refractivity contribution in [1.82, 2.24) is 19.6 Å². The number of aromatic nitrogens is 2. The van der Waals surface area contributed by atoms with E-state index >= 15 is 0 Å². The van der Waals surface area contributed by atoms with Crippen LogP contribution in [0, 0.1) is 5.82 Å². The van der Waals surface area contributed by atoms with E-state index in [4.69, 9.17) is 11.6 Å². The fourth-order valence-corrected chi connectivity index (χ4v) is 3.48. The molecule has 9 heteroatoms. The number of rotatable bonds is 1. The van der Waals surface area contributed by atoms with Crippen molar-refractivity contribution in [2.75, 3.05) is 25.5 Å². The molecule has 0 fully saturated rings. The van der Waals surface area contributed by atoms with Gasteiger partial charge in [0.1, 0.15) is 11.5 Å². The molecule has 0 bridgehead atoms. The van der Waals surface area contributed by atoms with Gasteiger partial charge in [0.05, 0.1) is 23.8 Å². The third-order valence-electron chi connectivity index (χ3n) is 4.76. The zero-order valence-corrected chi connectivity index (χ0v) is 14.9. The second-order valence-corrected chi connectivity index (χ2v) is 6.86. The van der Waals surface area contributed by atoms with Crippen LogP contribution in [0.4, 0.5) is 14.9 Å². The lowest BCUT2D eigenvalue weighted by Gasteiger charge is -2.28. The highest BCUT2D eigenvalue weighted by atomic mass is 35.5. The molecule has 2 aromatic rings. The number of fused-ring (bicyclic) bond motifs is 3. The van der Waals surface area contributed by atoms with Gasteiger partial charge in [0.2, 0.25) is 0 Å². The number of hydrogen-bond donors (Lipinski definition) is 1. The van der Waals surface area contributed by atoms with Crippen molar-refractivity contribution in [2.45, 2.75) is 19.5 Å². The van der Waals surface area contributed by atoms with Crippen LogP contribution in [0.1, 0.15) is 21.7 Å². The molecule has 4 rings (SSSR count). The smallest absolute Gasteiger partial charge is 0.322 e. The first-order chi connectivity index (χ1) is 12.4. The summed E-state index contributed by atoms with van der Waals surface area (Å²) in [5, 5.41) is 7.19. The molecule has 0 atom stereocenters. The largest absolute Gasteiger partial charge is 0.339 e. The molecule has 3 heterocycles. The van der Waals surface area contributed by atoms with E-state index in [2.05, 4.69) is 10.4 Å². The van der Waals surface area contributed by atoms with Gasteiger partial charge in [-0.3, -0.25) is 9.48 Å². The van der Waals surface area contributed by atoms with Crippen molar-refractivity contribution >= 4 is 29.2 Å². The molecule has 136 valence electrons. The summed E-state index contributed by atoms with van der Waals surface area (Å²) >= 11 is 5.75. The number of benzene rings is 1. The Kier molecular flexibility index (Phi) is 4.07. The monoisotopic (exact) mass is 377 g/mol. The number of likely N-dealkylation sites (N-methyl/N-ethyl adjacent to an activating group) is 1. The average Bonchev–Trinajstić information content (AvgIpc) is 2.99. The molecular weight excluding hydrogens is 361 g/mol. The van der Waals surface area contributed by atoms with Crippen molar-refractivity contribution in [2.24, 2.45) is 0 Å². The number of hydrogen-bond acceptors (Lipinski definition) is 3. The molecule has 1 N–H and O–H groups in total. The Bertz CT molecular complexity index is 913. The Hall–Kier alpha value is -2.61. The predicted molar refractivity (Wildman–Crippen MR) is 93.7 cm³/mol. The number of halogens is 2. The first-order valence-electron chi connectivity index (χ1n) is 8.29. The molecule has 0 radical (unpaired) electrons. The van der Waals surface area contributed by atoms with Crippen LogP contribution in [0.25, 0.3) is 0 Å². The maximum Gasteiger partial charge on any atom is 0.322 e. The zero-order chi connectivity index (χ0) is 18.4. The maximum atomic E-state index is 13.2. The van der Waals surface area contributed by atoms with Crippen molar-refractivity contribution in [3.05, 3.63) is 46.0 Å². The molecule has 1 aromatic carbocycles. The van der Waals surface area contributed by atoms with E-state index in [9.17, 15) is 14.0 Å². The Morgan fingerprint density at radius 3 is 2.88 bits per heavy atom. The van der Waals surface area contributed by atoms with Gasteiger partial charge in [0.25, 0.3) is 5.91 Å². The highest BCUT2D eigenvalue weighted by Gasteiger charge is 2.33. The molecule has 0 spiro atoms. The highest BCUT2D eigenvalue weighted by Crippen LogP contribution is 2.26. The molecule has 0 aliphatic carbocycles. The highest BCUT2D eigenvalue weighted by molar-refractivity contribution is 6.31. The van der Waals surface area contributed by atoms with Crippen LogP contribution in [0.5, 0.6) is 0 Å².